The Morgan fingerprint density at radius 3 is 3.04 bits per heavy atom. The molecule has 2 aliphatic rings. The predicted molar refractivity (Wildman–Crippen MR) is 92.4 cm³/mol. The van der Waals surface area contributed by atoms with E-state index in [0.717, 1.165) is 56.1 Å². The first kappa shape index (κ1) is 15.1. The van der Waals surface area contributed by atoms with E-state index in [1.54, 1.807) is 6.07 Å². The van der Waals surface area contributed by atoms with Crippen LogP contribution in [0.4, 0.5) is 11.6 Å². The lowest BCUT2D eigenvalue weighted by atomic mass is 10.0. The summed E-state index contributed by atoms with van der Waals surface area (Å²) < 4.78 is 0. The van der Waals surface area contributed by atoms with Crippen molar-refractivity contribution in [1.82, 2.24) is 20.4 Å². The number of anilines is 2. The van der Waals surface area contributed by atoms with Gasteiger partial charge in [-0.3, -0.25) is 4.79 Å². The van der Waals surface area contributed by atoms with Crippen molar-refractivity contribution in [2.75, 3.05) is 23.3 Å². The largest absolute Gasteiger partial charge is 0.367 e. The van der Waals surface area contributed by atoms with E-state index in [-0.39, 0.29) is 5.56 Å². The normalized spacial score (nSPS) is 20.0. The highest BCUT2D eigenvalue weighted by Gasteiger charge is 2.24. The Hall–Kier alpha value is -2.44. The first-order chi connectivity index (χ1) is 11.8. The molecule has 2 aromatic heterocycles. The summed E-state index contributed by atoms with van der Waals surface area (Å²) in [5.74, 6) is 1.69. The number of aryl methyl sites for hydroxylation is 2. The van der Waals surface area contributed by atoms with Crippen molar-refractivity contribution in [3.05, 3.63) is 39.8 Å². The molecule has 126 valence electrons. The number of piperidine rings is 1. The Morgan fingerprint density at radius 2 is 2.17 bits per heavy atom. The lowest BCUT2D eigenvalue weighted by Crippen LogP contribution is -2.44. The Morgan fingerprint density at radius 1 is 1.21 bits per heavy atom. The van der Waals surface area contributed by atoms with Crippen LogP contribution in [0.3, 0.4) is 0 Å². The topological polar surface area (TPSA) is 86.8 Å². The second-order valence-electron chi connectivity index (χ2n) is 6.56. The smallest absolute Gasteiger partial charge is 0.264 e. The van der Waals surface area contributed by atoms with Gasteiger partial charge in [0.15, 0.2) is 0 Å². The van der Waals surface area contributed by atoms with Crippen LogP contribution in [0.1, 0.15) is 36.9 Å². The van der Waals surface area contributed by atoms with Crippen LogP contribution in [-0.2, 0) is 12.8 Å². The molecule has 1 unspecified atom stereocenters. The van der Waals surface area contributed by atoms with Gasteiger partial charge in [0.2, 0.25) is 0 Å². The highest BCUT2D eigenvalue weighted by Crippen LogP contribution is 2.24. The van der Waals surface area contributed by atoms with Gasteiger partial charge < -0.3 is 10.2 Å². The third-order valence-corrected chi connectivity index (χ3v) is 4.92. The van der Waals surface area contributed by atoms with Crippen molar-refractivity contribution in [2.45, 2.75) is 44.6 Å². The van der Waals surface area contributed by atoms with Crippen LogP contribution < -0.4 is 15.8 Å². The number of hydrogen-bond donors (Lipinski definition) is 2. The van der Waals surface area contributed by atoms with Crippen molar-refractivity contribution in [1.29, 1.82) is 0 Å². The number of hydrogen-bond acceptors (Lipinski definition) is 6. The van der Waals surface area contributed by atoms with Crippen LogP contribution in [0.2, 0.25) is 0 Å². The predicted octanol–water partition coefficient (Wildman–Crippen LogP) is 1.52. The number of aromatic nitrogens is 4. The maximum Gasteiger partial charge on any atom is 0.264 e. The number of rotatable bonds is 4. The molecule has 1 aliphatic carbocycles. The zero-order chi connectivity index (χ0) is 16.4. The van der Waals surface area contributed by atoms with E-state index in [9.17, 15) is 4.79 Å². The molecule has 0 saturated carbocycles. The summed E-state index contributed by atoms with van der Waals surface area (Å²) >= 11 is 0. The van der Waals surface area contributed by atoms with Crippen molar-refractivity contribution < 1.29 is 0 Å². The molecule has 1 aliphatic heterocycles. The van der Waals surface area contributed by atoms with Gasteiger partial charge in [0.25, 0.3) is 5.56 Å². The number of nitrogens with zero attached hydrogens (tertiary/aromatic N) is 4. The van der Waals surface area contributed by atoms with Gasteiger partial charge in [0.1, 0.15) is 11.6 Å². The highest BCUT2D eigenvalue weighted by molar-refractivity contribution is 5.42. The van der Waals surface area contributed by atoms with E-state index in [4.69, 9.17) is 0 Å². The molecule has 3 heterocycles. The monoisotopic (exact) mass is 326 g/mol. The molecule has 7 nitrogen and oxygen atoms in total. The summed E-state index contributed by atoms with van der Waals surface area (Å²) in [6.07, 6.45) is 6.80. The van der Waals surface area contributed by atoms with E-state index in [2.05, 4.69) is 36.7 Å². The quantitative estimate of drug-likeness (QED) is 0.886. The summed E-state index contributed by atoms with van der Waals surface area (Å²) in [5, 5.41) is 18.8. The van der Waals surface area contributed by atoms with Crippen LogP contribution in [0.15, 0.2) is 23.0 Å². The van der Waals surface area contributed by atoms with E-state index < -0.39 is 0 Å². The molecule has 24 heavy (non-hydrogen) atoms. The Bertz CT molecular complexity index is 753. The minimum Gasteiger partial charge on any atom is -0.367 e. The van der Waals surface area contributed by atoms with Crippen LogP contribution in [0.5, 0.6) is 0 Å². The molecule has 1 fully saturated rings. The maximum atomic E-state index is 11.2. The van der Waals surface area contributed by atoms with Gasteiger partial charge in [0.05, 0.1) is 5.69 Å². The zero-order valence-corrected chi connectivity index (χ0v) is 13.7. The first-order valence-electron chi connectivity index (χ1n) is 8.71. The summed E-state index contributed by atoms with van der Waals surface area (Å²) in [4.78, 5) is 13.5. The fourth-order valence-corrected chi connectivity index (χ4v) is 3.65. The average Bonchev–Trinajstić information content (AvgIpc) is 3.09. The van der Waals surface area contributed by atoms with Crippen LogP contribution in [0.25, 0.3) is 0 Å². The molecule has 1 saturated heterocycles. The van der Waals surface area contributed by atoms with Crippen LogP contribution >= 0.6 is 0 Å². The zero-order valence-electron chi connectivity index (χ0n) is 13.7. The number of aromatic amines is 1. The molecule has 0 aromatic carbocycles. The Balaban J connectivity index is 1.45. The fraction of sp³-hybridized carbons (Fsp3) is 0.529. The van der Waals surface area contributed by atoms with Crippen LogP contribution in [-0.4, -0.2) is 39.5 Å². The van der Waals surface area contributed by atoms with Gasteiger partial charge in [0, 0.05) is 25.2 Å². The van der Waals surface area contributed by atoms with E-state index in [0.29, 0.717) is 6.04 Å². The third-order valence-electron chi connectivity index (χ3n) is 4.92. The van der Waals surface area contributed by atoms with Gasteiger partial charge in [-0.2, -0.15) is 10.2 Å². The molecule has 0 radical (unpaired) electrons. The molecular formula is C17H22N6O. The van der Waals surface area contributed by atoms with Crippen molar-refractivity contribution >= 4 is 11.6 Å². The minimum absolute atomic E-state index is 0.168. The average molecular weight is 326 g/mol. The number of nitrogens with one attached hydrogen (secondary N) is 2. The molecule has 0 amide bonds. The molecule has 7 heteroatoms. The van der Waals surface area contributed by atoms with Crippen molar-refractivity contribution in [3.8, 4) is 0 Å². The second kappa shape index (κ2) is 6.59. The molecule has 2 aromatic rings. The van der Waals surface area contributed by atoms with Crippen molar-refractivity contribution in [3.63, 3.8) is 0 Å². The van der Waals surface area contributed by atoms with E-state index >= 15 is 0 Å². The molecular weight excluding hydrogens is 304 g/mol. The van der Waals surface area contributed by atoms with Gasteiger partial charge in [-0.1, -0.05) is 0 Å². The van der Waals surface area contributed by atoms with Gasteiger partial charge in [-0.25, -0.2) is 5.10 Å². The number of fused-ring (bicyclic) bond motifs is 1. The summed E-state index contributed by atoms with van der Waals surface area (Å²) in [6, 6.07) is 5.81. The summed E-state index contributed by atoms with van der Waals surface area (Å²) in [5.41, 5.74) is 2.31. The van der Waals surface area contributed by atoms with Gasteiger partial charge >= 0.3 is 0 Å². The molecule has 1 atom stereocenters. The molecule has 0 bridgehead atoms. The lowest BCUT2D eigenvalue weighted by Gasteiger charge is -2.36. The Kier molecular flexibility index (Phi) is 4.15. The van der Waals surface area contributed by atoms with Gasteiger partial charge in [-0.05, 0) is 56.2 Å². The first-order valence-corrected chi connectivity index (χ1v) is 8.71. The third kappa shape index (κ3) is 3.11. The maximum absolute atomic E-state index is 11.2. The lowest BCUT2D eigenvalue weighted by molar-refractivity contribution is 0.467. The van der Waals surface area contributed by atoms with E-state index in [1.165, 1.54) is 24.5 Å². The summed E-state index contributed by atoms with van der Waals surface area (Å²) in [6.45, 7) is 1.76. The SMILES string of the molecule is O=c1ccc(N2CCCCC2CNc2cc3c(nn2)CCC3)n[nH]1. The molecule has 4 rings (SSSR count). The van der Waals surface area contributed by atoms with E-state index in [1.807, 2.05) is 0 Å². The standard InChI is InChI=1S/C17H22N6O/c24-17-8-7-16(21-22-17)23-9-2-1-5-13(23)11-18-15-10-12-4-3-6-14(12)19-20-15/h7-8,10,13H,1-6,9,11H2,(H,18,20)(H,22,24). The second-order valence-corrected chi connectivity index (χ2v) is 6.56. The summed E-state index contributed by atoms with van der Waals surface area (Å²) in [7, 11) is 0. The Labute approximate surface area is 140 Å². The molecule has 2 N–H and O–H groups in total. The fourth-order valence-electron chi connectivity index (χ4n) is 3.65. The van der Waals surface area contributed by atoms with Crippen molar-refractivity contribution in [2.24, 2.45) is 0 Å². The van der Waals surface area contributed by atoms with Gasteiger partial charge in [-0.15, -0.1) is 5.10 Å². The van der Waals surface area contributed by atoms with Crippen LogP contribution in [0, 0.1) is 0 Å². The molecule has 0 spiro atoms. The minimum atomic E-state index is -0.168. The number of H-pyrrole nitrogens is 1. The highest BCUT2D eigenvalue weighted by atomic mass is 16.1.